The van der Waals surface area contributed by atoms with Gasteiger partial charge in [0.05, 0.1) is 11.3 Å². The molecule has 5 nitrogen and oxygen atoms in total. The van der Waals surface area contributed by atoms with Gasteiger partial charge in [0.25, 0.3) is 0 Å². The Hall–Kier alpha value is -2.30. The van der Waals surface area contributed by atoms with Crippen LogP contribution in [0.5, 0.6) is 0 Å². The van der Waals surface area contributed by atoms with Gasteiger partial charge in [0.1, 0.15) is 0 Å². The summed E-state index contributed by atoms with van der Waals surface area (Å²) in [6, 6.07) is 3.79. The van der Waals surface area contributed by atoms with E-state index >= 15 is 0 Å². The van der Waals surface area contributed by atoms with Crippen molar-refractivity contribution in [2.24, 2.45) is 0 Å². The number of rotatable bonds is 3. The van der Waals surface area contributed by atoms with E-state index in [0.717, 1.165) is 17.0 Å². The molecule has 0 radical (unpaired) electrons. The third-order valence-electron chi connectivity index (χ3n) is 2.94. The number of nitrogens with zero attached hydrogens (tertiary/aromatic N) is 3. The number of carbonyl (C=O) groups is 1. The fourth-order valence-corrected chi connectivity index (χ4v) is 2.10. The van der Waals surface area contributed by atoms with Gasteiger partial charge in [0, 0.05) is 23.1 Å². The molecule has 5 heteroatoms. The van der Waals surface area contributed by atoms with Crippen LogP contribution >= 0.6 is 0 Å². The maximum atomic E-state index is 11.2. The zero-order chi connectivity index (χ0) is 14.9. The van der Waals surface area contributed by atoms with Crippen LogP contribution in [0.1, 0.15) is 47.2 Å². The number of aromatic nitrogens is 3. The van der Waals surface area contributed by atoms with Crippen LogP contribution in [0, 0.1) is 13.8 Å². The minimum atomic E-state index is -0.998. The maximum absolute atomic E-state index is 11.2. The Morgan fingerprint density at radius 3 is 2.25 bits per heavy atom. The molecule has 104 valence electrons. The molecule has 0 amide bonds. The highest BCUT2D eigenvalue weighted by Gasteiger charge is 2.17. The van der Waals surface area contributed by atoms with E-state index in [0.29, 0.717) is 11.5 Å². The first kappa shape index (κ1) is 14.1. The molecule has 20 heavy (non-hydrogen) atoms. The number of carboxylic acids is 1. The predicted molar refractivity (Wildman–Crippen MR) is 75.8 cm³/mol. The molecule has 2 heterocycles. The number of hydrogen-bond donors (Lipinski definition) is 1. The summed E-state index contributed by atoms with van der Waals surface area (Å²) < 4.78 is 0. The van der Waals surface area contributed by atoms with E-state index in [9.17, 15) is 9.90 Å². The highest BCUT2D eigenvalue weighted by Crippen LogP contribution is 2.22. The largest absolute Gasteiger partial charge is 0.478 e. The van der Waals surface area contributed by atoms with Crippen molar-refractivity contribution in [3.63, 3.8) is 0 Å². The molecule has 0 aromatic carbocycles. The minimum absolute atomic E-state index is 0.0203. The van der Waals surface area contributed by atoms with Crippen LogP contribution in [-0.4, -0.2) is 26.0 Å². The lowest BCUT2D eigenvalue weighted by Crippen LogP contribution is -2.09. The second-order valence-corrected chi connectivity index (χ2v) is 5.09. The van der Waals surface area contributed by atoms with Gasteiger partial charge >= 0.3 is 5.97 Å². The van der Waals surface area contributed by atoms with Gasteiger partial charge in [-0.1, -0.05) is 13.8 Å². The molecule has 2 aromatic rings. The number of pyridine rings is 1. The van der Waals surface area contributed by atoms with Gasteiger partial charge in [0.15, 0.2) is 5.82 Å². The summed E-state index contributed by atoms with van der Waals surface area (Å²) in [7, 11) is 0. The fourth-order valence-electron chi connectivity index (χ4n) is 2.10. The fraction of sp³-hybridized carbons (Fsp3) is 0.333. The number of hydrogen-bond acceptors (Lipinski definition) is 4. The van der Waals surface area contributed by atoms with E-state index in [1.807, 2.05) is 39.8 Å². The van der Waals surface area contributed by atoms with E-state index in [2.05, 4.69) is 15.0 Å². The molecule has 0 saturated carbocycles. The topological polar surface area (TPSA) is 76.0 Å². The zero-order valence-corrected chi connectivity index (χ0v) is 12.0. The highest BCUT2D eigenvalue weighted by atomic mass is 16.4. The first-order chi connectivity index (χ1) is 9.38. The smallest absolute Gasteiger partial charge is 0.339 e. The monoisotopic (exact) mass is 271 g/mol. The summed E-state index contributed by atoms with van der Waals surface area (Å²) in [5.74, 6) is -0.443. The lowest BCUT2D eigenvalue weighted by molar-refractivity contribution is 0.0694. The van der Waals surface area contributed by atoms with Gasteiger partial charge in [-0.25, -0.2) is 14.8 Å². The quantitative estimate of drug-likeness (QED) is 0.928. The van der Waals surface area contributed by atoms with Crippen LogP contribution in [0.2, 0.25) is 0 Å². The number of aryl methyl sites for hydroxylation is 2. The predicted octanol–water partition coefficient (Wildman–Crippen LogP) is 2.98. The summed E-state index contributed by atoms with van der Waals surface area (Å²) in [6.45, 7) is 7.65. The van der Waals surface area contributed by atoms with Gasteiger partial charge in [0.2, 0.25) is 0 Å². The average Bonchev–Trinajstić information content (AvgIpc) is 2.36. The van der Waals surface area contributed by atoms with Crippen LogP contribution in [0.25, 0.3) is 11.4 Å². The number of carboxylic acid groups (broad SMARTS) is 1. The van der Waals surface area contributed by atoms with E-state index in [1.165, 1.54) is 6.20 Å². The molecule has 2 aromatic heterocycles. The standard InChI is InChI=1S/C15H17N3O2/c1-8(2)13-12(15(19)20)7-16-14(18-13)11-5-9(3)17-10(4)6-11/h5-8H,1-4H3,(H,19,20). The Balaban J connectivity index is 2.58. The first-order valence-electron chi connectivity index (χ1n) is 6.44. The minimum Gasteiger partial charge on any atom is -0.478 e. The Kier molecular flexibility index (Phi) is 3.79. The van der Waals surface area contributed by atoms with Crippen LogP contribution in [-0.2, 0) is 0 Å². The van der Waals surface area contributed by atoms with E-state index in [-0.39, 0.29) is 11.5 Å². The number of aromatic carboxylic acids is 1. The Bertz CT molecular complexity index is 646. The van der Waals surface area contributed by atoms with Crippen molar-refractivity contribution < 1.29 is 9.90 Å². The van der Waals surface area contributed by atoms with Gasteiger partial charge in [-0.15, -0.1) is 0 Å². The molecule has 0 aliphatic heterocycles. The highest BCUT2D eigenvalue weighted by molar-refractivity contribution is 5.88. The molecule has 0 atom stereocenters. The van der Waals surface area contributed by atoms with Crippen molar-refractivity contribution in [2.45, 2.75) is 33.6 Å². The molecule has 0 bridgehead atoms. The third kappa shape index (κ3) is 2.82. The molecule has 0 aliphatic carbocycles. The van der Waals surface area contributed by atoms with Crippen molar-refractivity contribution in [1.29, 1.82) is 0 Å². The Morgan fingerprint density at radius 1 is 1.15 bits per heavy atom. The summed E-state index contributed by atoms with van der Waals surface area (Å²) in [5, 5.41) is 9.17. The van der Waals surface area contributed by atoms with Crippen LogP contribution in [0.3, 0.4) is 0 Å². The van der Waals surface area contributed by atoms with E-state index in [4.69, 9.17) is 0 Å². The third-order valence-corrected chi connectivity index (χ3v) is 2.94. The molecular formula is C15H17N3O2. The molecule has 2 rings (SSSR count). The molecule has 0 saturated heterocycles. The molecule has 0 spiro atoms. The summed E-state index contributed by atoms with van der Waals surface area (Å²) in [5.41, 5.74) is 3.34. The van der Waals surface area contributed by atoms with Crippen molar-refractivity contribution in [2.75, 3.05) is 0 Å². The van der Waals surface area contributed by atoms with Gasteiger partial charge < -0.3 is 5.11 Å². The van der Waals surface area contributed by atoms with E-state index in [1.54, 1.807) is 0 Å². The molecule has 1 N–H and O–H groups in total. The lowest BCUT2D eigenvalue weighted by Gasteiger charge is -2.10. The van der Waals surface area contributed by atoms with Crippen LogP contribution in [0.15, 0.2) is 18.3 Å². The Morgan fingerprint density at radius 2 is 1.75 bits per heavy atom. The van der Waals surface area contributed by atoms with Gasteiger partial charge in [-0.3, -0.25) is 4.98 Å². The van der Waals surface area contributed by atoms with Crippen LogP contribution in [0.4, 0.5) is 0 Å². The summed E-state index contributed by atoms with van der Waals surface area (Å²) in [4.78, 5) is 24.1. The lowest BCUT2D eigenvalue weighted by atomic mass is 10.0. The average molecular weight is 271 g/mol. The van der Waals surface area contributed by atoms with Gasteiger partial charge in [-0.2, -0.15) is 0 Å². The van der Waals surface area contributed by atoms with E-state index < -0.39 is 5.97 Å². The van der Waals surface area contributed by atoms with Crippen molar-refractivity contribution in [3.05, 3.63) is 41.0 Å². The van der Waals surface area contributed by atoms with Crippen molar-refractivity contribution in [1.82, 2.24) is 15.0 Å². The van der Waals surface area contributed by atoms with Gasteiger partial charge in [-0.05, 0) is 31.9 Å². The Labute approximate surface area is 117 Å². The normalized spacial score (nSPS) is 10.8. The van der Waals surface area contributed by atoms with Crippen molar-refractivity contribution >= 4 is 5.97 Å². The molecule has 0 fully saturated rings. The summed E-state index contributed by atoms with van der Waals surface area (Å²) in [6.07, 6.45) is 1.38. The molecule has 0 aliphatic rings. The van der Waals surface area contributed by atoms with Crippen molar-refractivity contribution in [3.8, 4) is 11.4 Å². The second-order valence-electron chi connectivity index (χ2n) is 5.09. The molecule has 0 unspecified atom stereocenters. The maximum Gasteiger partial charge on any atom is 0.339 e. The van der Waals surface area contributed by atoms with Crippen LogP contribution < -0.4 is 0 Å². The zero-order valence-electron chi connectivity index (χ0n) is 12.0. The molecular weight excluding hydrogens is 254 g/mol. The second kappa shape index (κ2) is 5.36. The summed E-state index contributed by atoms with van der Waals surface area (Å²) >= 11 is 0. The SMILES string of the molecule is Cc1cc(-c2ncc(C(=O)O)c(C(C)C)n2)cc(C)n1. The first-order valence-corrected chi connectivity index (χ1v) is 6.44.